The Morgan fingerprint density at radius 2 is 1.91 bits per heavy atom. The number of fused-ring (bicyclic) bond motifs is 1. The molecule has 1 fully saturated rings. The molecule has 174 valence electrons. The quantitative estimate of drug-likeness (QED) is 0.480. The molecule has 1 N–H and O–H groups in total. The second kappa shape index (κ2) is 8.62. The van der Waals surface area contributed by atoms with E-state index in [9.17, 15) is 14.3 Å². The Bertz CT molecular complexity index is 1360. The minimum absolute atomic E-state index is 0.0728. The molecule has 9 nitrogen and oxygen atoms in total. The lowest BCUT2D eigenvalue weighted by molar-refractivity contribution is 0.131. The number of likely N-dealkylation sites (tertiary alicyclic amines) is 1. The zero-order chi connectivity index (χ0) is 23.8. The van der Waals surface area contributed by atoms with E-state index in [1.165, 1.54) is 13.4 Å². The van der Waals surface area contributed by atoms with Crippen LogP contribution in [0.1, 0.15) is 0 Å². The van der Waals surface area contributed by atoms with E-state index in [2.05, 4.69) is 15.1 Å². The number of amides is 1. The number of alkyl halides is 1. The highest BCUT2D eigenvalue weighted by Gasteiger charge is 2.37. The van der Waals surface area contributed by atoms with Gasteiger partial charge in [0.25, 0.3) is 0 Å². The number of methoxy groups -OCH3 is 1. The van der Waals surface area contributed by atoms with Crippen LogP contribution < -0.4 is 9.47 Å². The zero-order valence-electron chi connectivity index (χ0n) is 18.6. The van der Waals surface area contributed by atoms with E-state index in [0.717, 1.165) is 21.7 Å². The summed E-state index contributed by atoms with van der Waals surface area (Å²) in [6.07, 6.45) is -0.230. The Morgan fingerprint density at radius 1 is 1.12 bits per heavy atom. The van der Waals surface area contributed by atoms with Crippen molar-refractivity contribution in [3.05, 3.63) is 55.0 Å². The normalized spacial score (nSPS) is 17.8. The molecule has 1 saturated heterocycles. The molecule has 2 aromatic carbocycles. The van der Waals surface area contributed by atoms with Crippen LogP contribution in [0.2, 0.25) is 0 Å². The summed E-state index contributed by atoms with van der Waals surface area (Å²) in [5.41, 5.74) is 3.76. The summed E-state index contributed by atoms with van der Waals surface area (Å²) >= 11 is 0. The van der Waals surface area contributed by atoms with Crippen LogP contribution in [-0.2, 0) is 7.05 Å². The largest absolute Gasteiger partial charge is 0.493 e. The third kappa shape index (κ3) is 3.87. The van der Waals surface area contributed by atoms with Crippen molar-refractivity contribution < 1.29 is 23.8 Å². The fourth-order valence-electron chi connectivity index (χ4n) is 4.17. The number of carbonyl (C=O) groups is 1. The van der Waals surface area contributed by atoms with E-state index in [1.54, 1.807) is 16.8 Å². The van der Waals surface area contributed by atoms with Crippen LogP contribution in [0.5, 0.6) is 11.5 Å². The first-order chi connectivity index (χ1) is 16.4. The number of rotatable bonds is 5. The molecule has 0 bridgehead atoms. The second-order valence-electron chi connectivity index (χ2n) is 8.03. The molecule has 10 heteroatoms. The van der Waals surface area contributed by atoms with Crippen LogP contribution in [0.3, 0.4) is 0 Å². The molecule has 3 heterocycles. The number of aryl methyl sites for hydroxylation is 1. The van der Waals surface area contributed by atoms with Gasteiger partial charge in [-0.15, -0.1) is 0 Å². The second-order valence-corrected chi connectivity index (χ2v) is 8.03. The zero-order valence-corrected chi connectivity index (χ0v) is 18.6. The predicted octanol–water partition coefficient (Wildman–Crippen LogP) is 3.79. The van der Waals surface area contributed by atoms with E-state index in [4.69, 9.17) is 9.47 Å². The smallest absolute Gasteiger partial charge is 0.407 e. The number of carboxylic acid groups (broad SMARTS) is 1. The summed E-state index contributed by atoms with van der Waals surface area (Å²) < 4.78 is 27.6. The van der Waals surface area contributed by atoms with Gasteiger partial charge in [-0.2, -0.15) is 5.10 Å². The number of hydrogen-bond donors (Lipinski definition) is 1. The lowest BCUT2D eigenvalue weighted by atomic mass is 10.0. The Hall–Kier alpha value is -4.21. The fourth-order valence-corrected chi connectivity index (χ4v) is 4.17. The van der Waals surface area contributed by atoms with Crippen molar-refractivity contribution in [2.75, 3.05) is 20.2 Å². The number of aromatic nitrogens is 4. The third-order valence-corrected chi connectivity index (χ3v) is 5.80. The summed E-state index contributed by atoms with van der Waals surface area (Å²) in [6.45, 7) is -0.309. The van der Waals surface area contributed by atoms with Crippen LogP contribution in [0, 0.1) is 0 Å². The molecule has 0 saturated carbocycles. The average molecular weight is 463 g/mol. The van der Waals surface area contributed by atoms with Crippen molar-refractivity contribution in [1.82, 2.24) is 24.6 Å². The molecule has 1 aliphatic rings. The first-order valence-electron chi connectivity index (χ1n) is 10.7. The third-order valence-electron chi connectivity index (χ3n) is 5.80. The van der Waals surface area contributed by atoms with Gasteiger partial charge in [-0.3, -0.25) is 4.68 Å². The molecule has 1 amide bonds. The molecule has 1 aliphatic heterocycles. The topological polar surface area (TPSA) is 103 Å². The van der Waals surface area contributed by atoms with E-state index >= 15 is 0 Å². The maximum absolute atomic E-state index is 14.5. The molecular weight excluding hydrogens is 441 g/mol. The van der Waals surface area contributed by atoms with Crippen molar-refractivity contribution in [1.29, 1.82) is 0 Å². The molecule has 0 aliphatic carbocycles. The number of halogens is 1. The van der Waals surface area contributed by atoms with Crippen LogP contribution in [0.4, 0.5) is 9.18 Å². The maximum Gasteiger partial charge on any atom is 0.407 e. The van der Waals surface area contributed by atoms with Gasteiger partial charge < -0.3 is 19.5 Å². The van der Waals surface area contributed by atoms with E-state index in [-0.39, 0.29) is 18.8 Å². The Kier molecular flexibility index (Phi) is 5.48. The standard InChI is InChI=1S/C24H22FN5O4/c1-29-10-16(22(28-29)14-6-4-3-5-7-14)23-15-8-20(19(33-2)9-18(15)26-13-27-23)34-21-12-30(24(31)32)11-17(21)25/h3-10,13,17,21H,11-12H2,1-2H3,(H,31,32)/t17-,21-/m0/s1. The molecule has 0 radical (unpaired) electrons. The first kappa shape index (κ1) is 21.6. The molecule has 2 atom stereocenters. The number of hydrogen-bond acceptors (Lipinski definition) is 6. The highest BCUT2D eigenvalue weighted by molar-refractivity contribution is 5.97. The van der Waals surface area contributed by atoms with Gasteiger partial charge in [0.05, 0.1) is 31.4 Å². The molecular formula is C24H22FN5O4. The monoisotopic (exact) mass is 463 g/mol. The average Bonchev–Trinajstić information content (AvgIpc) is 3.41. The Morgan fingerprint density at radius 3 is 2.62 bits per heavy atom. The first-order valence-corrected chi connectivity index (χ1v) is 10.7. The highest BCUT2D eigenvalue weighted by Crippen LogP contribution is 2.39. The summed E-state index contributed by atoms with van der Waals surface area (Å²) in [5, 5.41) is 14.5. The van der Waals surface area contributed by atoms with Crippen molar-refractivity contribution in [2.24, 2.45) is 7.05 Å². The van der Waals surface area contributed by atoms with Crippen LogP contribution in [0.15, 0.2) is 55.0 Å². The number of benzene rings is 2. The van der Waals surface area contributed by atoms with Gasteiger partial charge in [-0.05, 0) is 6.07 Å². The molecule has 5 rings (SSSR count). The molecule has 2 aromatic heterocycles. The van der Waals surface area contributed by atoms with Gasteiger partial charge >= 0.3 is 6.09 Å². The van der Waals surface area contributed by atoms with Gasteiger partial charge in [-0.1, -0.05) is 30.3 Å². The van der Waals surface area contributed by atoms with Crippen LogP contribution >= 0.6 is 0 Å². The summed E-state index contributed by atoms with van der Waals surface area (Å²) in [7, 11) is 3.32. The van der Waals surface area contributed by atoms with Gasteiger partial charge in [-0.25, -0.2) is 19.2 Å². The minimum atomic E-state index is -1.45. The number of nitrogens with zero attached hydrogens (tertiary/aromatic N) is 5. The lowest BCUT2D eigenvalue weighted by Gasteiger charge is -2.18. The molecule has 34 heavy (non-hydrogen) atoms. The predicted molar refractivity (Wildman–Crippen MR) is 123 cm³/mol. The van der Waals surface area contributed by atoms with Crippen molar-refractivity contribution in [3.63, 3.8) is 0 Å². The lowest BCUT2D eigenvalue weighted by Crippen LogP contribution is -2.29. The summed E-state index contributed by atoms with van der Waals surface area (Å²) in [4.78, 5) is 21.2. The fraction of sp³-hybridized carbons (Fsp3) is 0.250. The molecule has 0 spiro atoms. The minimum Gasteiger partial charge on any atom is -0.493 e. The Labute approximate surface area is 194 Å². The number of ether oxygens (including phenoxy) is 2. The van der Waals surface area contributed by atoms with Crippen molar-refractivity contribution >= 4 is 17.0 Å². The molecule has 4 aromatic rings. The van der Waals surface area contributed by atoms with Gasteiger partial charge in [0.15, 0.2) is 17.7 Å². The Balaban J connectivity index is 1.60. The summed E-state index contributed by atoms with van der Waals surface area (Å²) in [6, 6.07) is 13.2. The van der Waals surface area contributed by atoms with E-state index < -0.39 is 18.4 Å². The van der Waals surface area contributed by atoms with Gasteiger partial charge in [0.2, 0.25) is 0 Å². The van der Waals surface area contributed by atoms with Crippen molar-refractivity contribution in [2.45, 2.75) is 12.3 Å². The van der Waals surface area contributed by atoms with Crippen LogP contribution in [-0.4, -0.2) is 68.3 Å². The van der Waals surface area contributed by atoms with Crippen LogP contribution in [0.25, 0.3) is 33.4 Å². The maximum atomic E-state index is 14.5. The molecule has 0 unspecified atom stereocenters. The SMILES string of the molecule is COc1cc2ncnc(-c3cn(C)nc3-c3ccccc3)c2cc1O[C@H]1CN(C(=O)O)C[C@@H]1F. The summed E-state index contributed by atoms with van der Waals surface area (Å²) in [5.74, 6) is 0.656. The van der Waals surface area contributed by atoms with Gasteiger partial charge in [0, 0.05) is 35.8 Å². The van der Waals surface area contributed by atoms with Crippen molar-refractivity contribution in [3.8, 4) is 34.0 Å². The highest BCUT2D eigenvalue weighted by atomic mass is 19.1. The van der Waals surface area contributed by atoms with Gasteiger partial charge in [0.1, 0.15) is 18.1 Å². The van der Waals surface area contributed by atoms with E-state index in [0.29, 0.717) is 22.3 Å². The van der Waals surface area contributed by atoms with E-state index in [1.807, 2.05) is 43.6 Å².